The van der Waals surface area contributed by atoms with Crippen molar-refractivity contribution in [2.24, 2.45) is 0 Å². The second kappa shape index (κ2) is 4.83. The zero-order chi connectivity index (χ0) is 13.3. The largest absolute Gasteiger partial charge is 0.428 e. The fourth-order valence-corrected chi connectivity index (χ4v) is 1.60. The van der Waals surface area contributed by atoms with Crippen LogP contribution in [0, 0.1) is 0 Å². The summed E-state index contributed by atoms with van der Waals surface area (Å²) in [6.07, 6.45) is 0. The molecular formula is C10H6Cl2N2O4. The van der Waals surface area contributed by atoms with E-state index in [0.29, 0.717) is 5.52 Å². The lowest BCUT2D eigenvalue weighted by Gasteiger charge is -2.05. The number of halogens is 2. The molecule has 2 aromatic rings. The summed E-state index contributed by atoms with van der Waals surface area (Å²) in [6.45, 7) is 0. The lowest BCUT2D eigenvalue weighted by Crippen LogP contribution is -2.22. The molecule has 2 rings (SSSR count). The molecule has 1 aromatic heterocycles. The summed E-state index contributed by atoms with van der Waals surface area (Å²) in [5.74, 6) is -0.766. The molecule has 0 atom stereocenters. The second-order valence-electron chi connectivity index (χ2n) is 3.33. The Morgan fingerprint density at radius 1 is 1.22 bits per heavy atom. The minimum atomic E-state index is -1.29. The first-order chi connectivity index (χ1) is 8.47. The van der Waals surface area contributed by atoms with Crippen molar-refractivity contribution in [3.63, 3.8) is 0 Å². The number of esters is 1. The van der Waals surface area contributed by atoms with E-state index in [1.807, 2.05) is 4.98 Å². The number of nitrogens with one attached hydrogen (secondary N) is 2. The summed E-state index contributed by atoms with van der Waals surface area (Å²) < 4.78 is 4.56. The van der Waals surface area contributed by atoms with Gasteiger partial charge in [0.25, 0.3) is 10.6 Å². The van der Waals surface area contributed by atoms with Crippen molar-refractivity contribution in [1.82, 2.24) is 9.97 Å². The zero-order valence-electron chi connectivity index (χ0n) is 8.70. The molecule has 0 aliphatic heterocycles. The maximum Gasteiger partial charge on any atom is 0.340 e. The van der Waals surface area contributed by atoms with E-state index in [1.165, 1.54) is 18.2 Å². The van der Waals surface area contributed by atoms with Crippen molar-refractivity contribution < 1.29 is 9.53 Å². The van der Waals surface area contributed by atoms with Crippen LogP contribution in [0.4, 0.5) is 0 Å². The summed E-state index contributed by atoms with van der Waals surface area (Å²) in [5.41, 5.74) is -0.805. The monoisotopic (exact) mass is 288 g/mol. The van der Waals surface area contributed by atoms with Crippen molar-refractivity contribution in [2.45, 2.75) is 5.02 Å². The fraction of sp³-hybridized carbons (Fsp3) is 0.100. The van der Waals surface area contributed by atoms with E-state index in [4.69, 9.17) is 23.2 Å². The molecule has 6 nitrogen and oxygen atoms in total. The third-order valence-corrected chi connectivity index (χ3v) is 2.35. The number of aromatic amines is 2. The van der Waals surface area contributed by atoms with E-state index in [-0.39, 0.29) is 10.9 Å². The Morgan fingerprint density at radius 2 is 1.94 bits per heavy atom. The molecule has 0 saturated heterocycles. The molecule has 0 aliphatic carbocycles. The summed E-state index contributed by atoms with van der Waals surface area (Å²) in [4.78, 5) is 38.5. The molecule has 1 heterocycles. The van der Waals surface area contributed by atoms with Crippen LogP contribution in [0.2, 0.25) is 0 Å². The van der Waals surface area contributed by atoms with Gasteiger partial charge in [-0.15, -0.1) is 0 Å². The van der Waals surface area contributed by atoms with E-state index >= 15 is 0 Å². The highest BCUT2D eigenvalue weighted by molar-refractivity contribution is 6.43. The van der Waals surface area contributed by atoms with Crippen molar-refractivity contribution in [1.29, 1.82) is 0 Å². The van der Waals surface area contributed by atoms with E-state index < -0.39 is 22.2 Å². The quantitative estimate of drug-likeness (QED) is 0.640. The van der Waals surface area contributed by atoms with Gasteiger partial charge in [0.1, 0.15) is 0 Å². The maximum atomic E-state index is 11.5. The van der Waals surface area contributed by atoms with Crippen molar-refractivity contribution in [3.8, 4) is 0 Å². The molecule has 0 radical (unpaired) electrons. The lowest BCUT2D eigenvalue weighted by atomic mass is 10.1. The maximum absolute atomic E-state index is 11.5. The highest BCUT2D eigenvalue weighted by Crippen LogP contribution is 2.13. The molecule has 8 heteroatoms. The topological polar surface area (TPSA) is 92.0 Å². The number of hydrogen-bond acceptors (Lipinski definition) is 4. The molecule has 0 fully saturated rings. The van der Waals surface area contributed by atoms with Crippen LogP contribution in [0.25, 0.3) is 10.9 Å². The number of carbonyl (C=O) groups excluding carboxylic acids is 1. The van der Waals surface area contributed by atoms with Crippen LogP contribution in [0.1, 0.15) is 10.4 Å². The summed E-state index contributed by atoms with van der Waals surface area (Å²) in [6, 6.07) is 4.08. The smallest absolute Gasteiger partial charge is 0.340 e. The van der Waals surface area contributed by atoms with Crippen molar-refractivity contribution in [3.05, 3.63) is 44.6 Å². The third-order valence-electron chi connectivity index (χ3n) is 2.17. The number of benzene rings is 1. The Labute approximate surface area is 109 Å². The van der Waals surface area contributed by atoms with Crippen LogP contribution in [0.3, 0.4) is 0 Å². The van der Waals surface area contributed by atoms with Crippen LogP contribution in [0.15, 0.2) is 27.8 Å². The molecule has 0 bridgehead atoms. The van der Waals surface area contributed by atoms with Crippen LogP contribution in [-0.2, 0) is 4.74 Å². The Bertz CT molecular complexity index is 720. The van der Waals surface area contributed by atoms with Crippen LogP contribution in [-0.4, -0.2) is 21.0 Å². The van der Waals surface area contributed by atoms with Gasteiger partial charge in [0.15, 0.2) is 0 Å². The average Bonchev–Trinajstić information content (AvgIpc) is 2.27. The van der Waals surface area contributed by atoms with E-state index in [2.05, 4.69) is 9.72 Å². The number of hydrogen-bond donors (Lipinski definition) is 2. The number of aromatic nitrogens is 2. The SMILES string of the molecule is O=C(OC(Cl)Cl)c1ccc2[nH]c(=O)[nH]c(=O)c2c1. The number of fused-ring (bicyclic) bond motifs is 1. The van der Waals surface area contributed by atoms with Crippen LogP contribution in [0.5, 0.6) is 0 Å². The minimum absolute atomic E-state index is 0.103. The van der Waals surface area contributed by atoms with E-state index in [0.717, 1.165) is 0 Å². The molecule has 2 N–H and O–H groups in total. The summed E-state index contributed by atoms with van der Waals surface area (Å²) in [7, 11) is 0. The summed E-state index contributed by atoms with van der Waals surface area (Å²) >= 11 is 10.6. The van der Waals surface area contributed by atoms with Gasteiger partial charge in [0.05, 0.1) is 16.5 Å². The van der Waals surface area contributed by atoms with Gasteiger partial charge in [0, 0.05) is 0 Å². The van der Waals surface area contributed by atoms with Crippen molar-refractivity contribution in [2.75, 3.05) is 0 Å². The molecule has 94 valence electrons. The highest BCUT2D eigenvalue weighted by atomic mass is 35.5. The lowest BCUT2D eigenvalue weighted by molar-refractivity contribution is 0.0536. The van der Waals surface area contributed by atoms with Gasteiger partial charge in [-0.1, -0.05) is 23.2 Å². The van der Waals surface area contributed by atoms with E-state index in [9.17, 15) is 14.4 Å². The van der Waals surface area contributed by atoms with E-state index in [1.54, 1.807) is 0 Å². The Hall–Kier alpha value is -1.79. The highest BCUT2D eigenvalue weighted by Gasteiger charge is 2.12. The number of ether oxygens (including phenoxy) is 1. The number of alkyl halides is 2. The van der Waals surface area contributed by atoms with Gasteiger partial charge in [0.2, 0.25) is 0 Å². The first kappa shape index (κ1) is 12.7. The first-order valence-corrected chi connectivity index (χ1v) is 5.60. The molecule has 0 saturated carbocycles. The number of rotatable bonds is 2. The first-order valence-electron chi connectivity index (χ1n) is 4.73. The average molecular weight is 289 g/mol. The van der Waals surface area contributed by atoms with Gasteiger partial charge >= 0.3 is 11.7 Å². The molecule has 1 aromatic carbocycles. The third kappa shape index (κ3) is 2.55. The molecule has 18 heavy (non-hydrogen) atoms. The number of carbonyl (C=O) groups is 1. The Kier molecular flexibility index (Phi) is 3.40. The Morgan fingerprint density at radius 3 is 2.61 bits per heavy atom. The van der Waals surface area contributed by atoms with Gasteiger partial charge in [-0.05, 0) is 18.2 Å². The minimum Gasteiger partial charge on any atom is -0.428 e. The van der Waals surface area contributed by atoms with Gasteiger partial charge in [-0.2, -0.15) is 0 Å². The second-order valence-corrected chi connectivity index (χ2v) is 4.35. The molecular weight excluding hydrogens is 283 g/mol. The molecule has 0 spiro atoms. The van der Waals surface area contributed by atoms with Gasteiger partial charge in [-0.3, -0.25) is 9.78 Å². The fourth-order valence-electron chi connectivity index (χ4n) is 1.44. The van der Waals surface area contributed by atoms with Gasteiger partial charge in [-0.25, -0.2) is 9.59 Å². The molecule has 0 aliphatic rings. The standard InChI is InChI=1S/C10H6Cl2N2O4/c11-9(12)18-8(16)4-1-2-6-5(3-4)7(15)14-10(17)13-6/h1-3,9H,(H2,13,14,15,17). The normalized spacial score (nSPS) is 10.8. The predicted octanol–water partition coefficient (Wildman–Crippen LogP) is 1.13. The zero-order valence-corrected chi connectivity index (χ0v) is 10.2. The summed E-state index contributed by atoms with van der Waals surface area (Å²) in [5, 5.41) is -1.13. The van der Waals surface area contributed by atoms with Crippen LogP contribution < -0.4 is 11.2 Å². The molecule has 0 unspecified atom stereocenters. The van der Waals surface area contributed by atoms with Crippen LogP contribution >= 0.6 is 23.2 Å². The van der Waals surface area contributed by atoms with Crippen molar-refractivity contribution >= 4 is 40.1 Å². The predicted molar refractivity (Wildman–Crippen MR) is 66.1 cm³/mol. The number of H-pyrrole nitrogens is 2. The molecule has 0 amide bonds. The van der Waals surface area contributed by atoms with Gasteiger partial charge < -0.3 is 9.72 Å². The Balaban J connectivity index is 2.54.